The Kier molecular flexibility index (Phi) is 7.84. The summed E-state index contributed by atoms with van der Waals surface area (Å²) in [6.45, 7) is 1.02. The van der Waals surface area contributed by atoms with E-state index in [9.17, 15) is 5.11 Å². The van der Waals surface area contributed by atoms with Crippen molar-refractivity contribution in [2.75, 3.05) is 6.61 Å². The topological polar surface area (TPSA) is 47.3 Å². The molecule has 2 aromatic carbocycles. The first-order chi connectivity index (χ1) is 14.0. The number of ether oxygens (including phenoxy) is 1. The fraction of sp³-hybridized carbons (Fsp3) is 0.318. The van der Waals surface area contributed by atoms with Crippen molar-refractivity contribution >= 4 is 34.8 Å². The first-order valence-corrected chi connectivity index (χ1v) is 10.6. The van der Waals surface area contributed by atoms with Crippen LogP contribution in [0.2, 0.25) is 15.1 Å². The second-order valence-electron chi connectivity index (χ2n) is 7.01. The third-order valence-corrected chi connectivity index (χ3v) is 5.77. The minimum atomic E-state index is -0.990. The summed E-state index contributed by atoms with van der Waals surface area (Å²) in [6, 6.07) is 12.6. The number of rotatable bonds is 10. The lowest BCUT2D eigenvalue weighted by Gasteiger charge is -2.29. The molecule has 0 fully saturated rings. The number of halogens is 3. The Morgan fingerprint density at radius 1 is 0.966 bits per heavy atom. The molecule has 0 saturated heterocycles. The van der Waals surface area contributed by atoms with Gasteiger partial charge in [0.25, 0.3) is 0 Å². The molecule has 0 aliphatic rings. The van der Waals surface area contributed by atoms with Gasteiger partial charge < -0.3 is 14.4 Å². The molecule has 154 valence electrons. The summed E-state index contributed by atoms with van der Waals surface area (Å²) in [5, 5.41) is 13.0. The maximum absolute atomic E-state index is 11.4. The number of nitrogens with zero attached hydrogens (tertiary/aromatic N) is 2. The second kappa shape index (κ2) is 10.4. The molecule has 0 amide bonds. The maximum Gasteiger partial charge on any atom is 0.120 e. The van der Waals surface area contributed by atoms with Crippen LogP contribution in [-0.4, -0.2) is 21.3 Å². The van der Waals surface area contributed by atoms with Crippen LogP contribution < -0.4 is 4.74 Å². The molecule has 0 aliphatic heterocycles. The zero-order valence-electron chi connectivity index (χ0n) is 15.9. The van der Waals surface area contributed by atoms with E-state index >= 15 is 0 Å². The van der Waals surface area contributed by atoms with E-state index in [4.69, 9.17) is 39.5 Å². The monoisotopic (exact) mass is 452 g/mol. The number of benzene rings is 2. The van der Waals surface area contributed by atoms with E-state index in [2.05, 4.69) is 4.98 Å². The highest BCUT2D eigenvalue weighted by atomic mass is 35.5. The summed E-state index contributed by atoms with van der Waals surface area (Å²) >= 11 is 17.9. The molecule has 0 radical (unpaired) electrons. The highest BCUT2D eigenvalue weighted by molar-refractivity contribution is 6.42. The standard InChI is InChI=1S/C22H23Cl3N2O2/c23-18-6-4-17(5-7-18)22(28,15-27-12-11-26-16-27)10-2-1-3-13-29-19-8-9-20(24)21(25)14-19/h4-9,11-12,14,16,28H,1-3,10,13,15H2. The Hall–Kier alpha value is -1.72. The van der Waals surface area contributed by atoms with E-state index in [1.807, 2.05) is 22.9 Å². The number of aliphatic hydroxyl groups is 1. The number of aromatic nitrogens is 2. The Bertz CT molecular complexity index is 901. The van der Waals surface area contributed by atoms with Crippen molar-refractivity contribution in [3.63, 3.8) is 0 Å². The van der Waals surface area contributed by atoms with Gasteiger partial charge in [0.05, 0.1) is 29.5 Å². The molecule has 3 aromatic rings. The van der Waals surface area contributed by atoms with Gasteiger partial charge in [0.2, 0.25) is 0 Å². The lowest BCUT2D eigenvalue weighted by Crippen LogP contribution is -2.31. The fourth-order valence-corrected chi connectivity index (χ4v) is 3.62. The lowest BCUT2D eigenvalue weighted by atomic mass is 9.88. The number of hydrogen-bond acceptors (Lipinski definition) is 3. The fourth-order valence-electron chi connectivity index (χ4n) is 3.21. The van der Waals surface area contributed by atoms with Crippen LogP contribution in [0.15, 0.2) is 61.2 Å². The molecular formula is C22H23Cl3N2O2. The molecule has 0 saturated carbocycles. The van der Waals surface area contributed by atoms with Crippen LogP contribution in [0, 0.1) is 0 Å². The predicted molar refractivity (Wildman–Crippen MR) is 118 cm³/mol. The molecule has 0 spiro atoms. The van der Waals surface area contributed by atoms with Crippen LogP contribution in [-0.2, 0) is 12.1 Å². The van der Waals surface area contributed by atoms with Crippen LogP contribution in [0.4, 0.5) is 0 Å². The number of unbranched alkanes of at least 4 members (excludes halogenated alkanes) is 2. The van der Waals surface area contributed by atoms with Crippen LogP contribution >= 0.6 is 34.8 Å². The van der Waals surface area contributed by atoms with Crippen molar-refractivity contribution in [2.24, 2.45) is 0 Å². The molecule has 4 nitrogen and oxygen atoms in total. The third kappa shape index (κ3) is 6.38. The molecule has 29 heavy (non-hydrogen) atoms. The van der Waals surface area contributed by atoms with Gasteiger partial charge >= 0.3 is 0 Å². The molecule has 1 aromatic heterocycles. The minimum Gasteiger partial charge on any atom is -0.494 e. The number of hydrogen-bond donors (Lipinski definition) is 1. The maximum atomic E-state index is 11.4. The van der Waals surface area contributed by atoms with Gasteiger partial charge in [0.1, 0.15) is 11.4 Å². The van der Waals surface area contributed by atoms with Crippen molar-refractivity contribution < 1.29 is 9.84 Å². The summed E-state index contributed by atoms with van der Waals surface area (Å²) in [6.07, 6.45) is 8.57. The Morgan fingerprint density at radius 2 is 1.76 bits per heavy atom. The van der Waals surface area contributed by atoms with Crippen molar-refractivity contribution in [1.82, 2.24) is 9.55 Å². The van der Waals surface area contributed by atoms with Crippen LogP contribution in [0.3, 0.4) is 0 Å². The normalized spacial score (nSPS) is 13.2. The molecule has 0 aliphatic carbocycles. The lowest BCUT2D eigenvalue weighted by molar-refractivity contribution is 0.00688. The predicted octanol–water partition coefficient (Wildman–Crippen LogP) is 6.37. The highest BCUT2D eigenvalue weighted by Gasteiger charge is 2.29. The van der Waals surface area contributed by atoms with Crippen molar-refractivity contribution in [3.05, 3.63) is 81.8 Å². The van der Waals surface area contributed by atoms with Gasteiger partial charge in [-0.3, -0.25) is 0 Å². The van der Waals surface area contributed by atoms with E-state index < -0.39 is 5.60 Å². The first-order valence-electron chi connectivity index (χ1n) is 9.48. The zero-order valence-corrected chi connectivity index (χ0v) is 18.2. The summed E-state index contributed by atoms with van der Waals surface area (Å²) in [4.78, 5) is 4.07. The quantitative estimate of drug-likeness (QED) is 0.363. The molecule has 1 N–H and O–H groups in total. The van der Waals surface area contributed by atoms with E-state index in [0.29, 0.717) is 40.4 Å². The van der Waals surface area contributed by atoms with E-state index in [1.165, 1.54) is 0 Å². The molecule has 1 unspecified atom stereocenters. The molecule has 1 atom stereocenters. The number of imidazole rings is 1. The summed E-state index contributed by atoms with van der Waals surface area (Å²) in [7, 11) is 0. The van der Waals surface area contributed by atoms with Gasteiger partial charge in [-0.1, -0.05) is 53.4 Å². The SMILES string of the molecule is OC(CCCCCOc1ccc(Cl)c(Cl)c1)(Cn1ccnc1)c1ccc(Cl)cc1. The van der Waals surface area contributed by atoms with Gasteiger partial charge in [0.15, 0.2) is 0 Å². The highest BCUT2D eigenvalue weighted by Crippen LogP contribution is 2.31. The molecule has 7 heteroatoms. The van der Waals surface area contributed by atoms with Gasteiger partial charge in [-0.25, -0.2) is 4.98 Å². The first kappa shape index (κ1) is 22.0. The van der Waals surface area contributed by atoms with Gasteiger partial charge in [-0.2, -0.15) is 0 Å². The van der Waals surface area contributed by atoms with Gasteiger partial charge in [-0.05, 0) is 49.1 Å². The Morgan fingerprint density at radius 3 is 2.45 bits per heavy atom. The van der Waals surface area contributed by atoms with Gasteiger partial charge in [0, 0.05) is 23.5 Å². The average molecular weight is 454 g/mol. The summed E-state index contributed by atoms with van der Waals surface area (Å²) in [5.74, 6) is 0.706. The van der Waals surface area contributed by atoms with Crippen molar-refractivity contribution in [2.45, 2.75) is 37.8 Å². The molecule has 3 rings (SSSR count). The zero-order chi connectivity index (χ0) is 20.7. The Labute approximate surface area is 186 Å². The van der Waals surface area contributed by atoms with Crippen LogP contribution in [0.1, 0.15) is 31.2 Å². The summed E-state index contributed by atoms with van der Waals surface area (Å²) < 4.78 is 7.62. The van der Waals surface area contributed by atoms with Crippen LogP contribution in [0.25, 0.3) is 0 Å². The average Bonchev–Trinajstić information content (AvgIpc) is 3.20. The van der Waals surface area contributed by atoms with E-state index in [-0.39, 0.29) is 0 Å². The Balaban J connectivity index is 1.51. The van der Waals surface area contributed by atoms with E-state index in [1.54, 1.807) is 42.9 Å². The molecular weight excluding hydrogens is 431 g/mol. The smallest absolute Gasteiger partial charge is 0.120 e. The largest absolute Gasteiger partial charge is 0.494 e. The van der Waals surface area contributed by atoms with Crippen molar-refractivity contribution in [3.8, 4) is 5.75 Å². The van der Waals surface area contributed by atoms with Crippen LogP contribution in [0.5, 0.6) is 5.75 Å². The third-order valence-electron chi connectivity index (χ3n) is 4.78. The second-order valence-corrected chi connectivity index (χ2v) is 8.26. The van der Waals surface area contributed by atoms with Crippen molar-refractivity contribution in [1.29, 1.82) is 0 Å². The minimum absolute atomic E-state index is 0.439. The molecule has 1 heterocycles. The summed E-state index contributed by atoms with van der Waals surface area (Å²) in [5.41, 5.74) is -0.141. The van der Waals surface area contributed by atoms with E-state index in [0.717, 1.165) is 24.8 Å². The van der Waals surface area contributed by atoms with Gasteiger partial charge in [-0.15, -0.1) is 0 Å². The molecule has 0 bridgehead atoms.